The summed E-state index contributed by atoms with van der Waals surface area (Å²) < 4.78 is 53.0. The van der Waals surface area contributed by atoms with Gasteiger partial charge >= 0.3 is 0 Å². The normalized spacial score (nSPS) is 15.6. The fraction of sp³-hybridized carbons (Fsp3) is 0.583. The van der Waals surface area contributed by atoms with Gasteiger partial charge in [-0.1, -0.05) is 0 Å². The summed E-state index contributed by atoms with van der Waals surface area (Å²) in [7, 11) is 0. The lowest BCUT2D eigenvalue weighted by Gasteiger charge is -2.26. The van der Waals surface area contributed by atoms with E-state index in [0.29, 0.717) is 0 Å². The van der Waals surface area contributed by atoms with E-state index in [4.69, 9.17) is 0 Å². The molecule has 0 spiro atoms. The number of nitrogens with zero attached hydrogens (tertiary/aromatic N) is 1. The first-order chi connectivity index (χ1) is 8.64. The number of halogens is 3. The topological polar surface area (TPSA) is 48.0 Å². The van der Waals surface area contributed by atoms with Crippen LogP contribution >= 0.6 is 0 Å². The molecule has 7 heteroatoms. The number of nitrogens with one attached hydrogen (secondary N) is 1. The lowest BCUT2D eigenvalue weighted by atomic mass is 10.1. The van der Waals surface area contributed by atoms with Crippen LogP contribution in [0.4, 0.5) is 13.2 Å². The maximum atomic E-state index is 13.8. The molecule has 0 saturated heterocycles. The minimum atomic E-state index is -2.90. The molecule has 1 rings (SSSR count). The van der Waals surface area contributed by atoms with E-state index in [9.17, 15) is 17.7 Å². The van der Waals surface area contributed by atoms with Crippen LogP contribution in [0.25, 0.3) is 0 Å². The molecule has 1 aromatic heterocycles. The standard InChI is InChI=1S/C12H17F3N2OS/c1-7(17-19(18)12(2,3)4)10-9(13)8(11(14)15)5-6-16-10/h5-7,11,17H,1-4H3. The van der Waals surface area contributed by atoms with E-state index in [0.717, 1.165) is 12.3 Å². The van der Waals surface area contributed by atoms with Crippen molar-refractivity contribution >= 4 is 11.4 Å². The maximum Gasteiger partial charge on any atom is 0.266 e. The van der Waals surface area contributed by atoms with Crippen LogP contribution in [0.5, 0.6) is 0 Å². The fourth-order valence-electron chi connectivity index (χ4n) is 1.34. The maximum absolute atomic E-state index is 13.8. The molecule has 19 heavy (non-hydrogen) atoms. The molecule has 1 heterocycles. The second kappa shape index (κ2) is 6.11. The van der Waals surface area contributed by atoms with Gasteiger partial charge in [0.25, 0.3) is 6.43 Å². The summed E-state index contributed by atoms with van der Waals surface area (Å²) in [6.07, 6.45) is -1.78. The Morgan fingerprint density at radius 2 is 1.95 bits per heavy atom. The molecular weight excluding hydrogens is 277 g/mol. The summed E-state index contributed by atoms with van der Waals surface area (Å²) >= 11 is -1.44. The van der Waals surface area contributed by atoms with Gasteiger partial charge in [0.1, 0.15) is 4.75 Å². The van der Waals surface area contributed by atoms with Gasteiger partial charge in [0.05, 0.1) is 17.3 Å². The lowest BCUT2D eigenvalue weighted by molar-refractivity contribution is 0.145. The van der Waals surface area contributed by atoms with Gasteiger partial charge in [-0.05, 0) is 33.8 Å². The third-order valence-corrected chi connectivity index (χ3v) is 4.11. The number of aromatic nitrogens is 1. The van der Waals surface area contributed by atoms with E-state index in [2.05, 4.69) is 9.71 Å². The molecule has 0 fully saturated rings. The van der Waals surface area contributed by atoms with E-state index in [-0.39, 0.29) is 5.69 Å². The van der Waals surface area contributed by atoms with Crippen LogP contribution < -0.4 is 4.72 Å². The molecular formula is C12H17F3N2OS. The molecule has 0 aromatic carbocycles. The Labute approximate surface area is 113 Å². The lowest BCUT2D eigenvalue weighted by Crippen LogP contribution is -2.41. The van der Waals surface area contributed by atoms with Crippen molar-refractivity contribution in [1.82, 2.24) is 9.71 Å². The largest absolute Gasteiger partial charge is 0.598 e. The van der Waals surface area contributed by atoms with Gasteiger partial charge in [-0.25, -0.2) is 13.2 Å². The highest BCUT2D eigenvalue weighted by Gasteiger charge is 2.30. The predicted molar refractivity (Wildman–Crippen MR) is 68.6 cm³/mol. The zero-order valence-corrected chi connectivity index (χ0v) is 12.0. The summed E-state index contributed by atoms with van der Waals surface area (Å²) in [5.41, 5.74) is -0.851. The molecule has 3 nitrogen and oxygen atoms in total. The van der Waals surface area contributed by atoms with Gasteiger partial charge in [-0.2, -0.15) is 0 Å². The third-order valence-electron chi connectivity index (χ3n) is 2.43. The number of hydrogen-bond donors (Lipinski definition) is 1. The van der Waals surface area contributed by atoms with E-state index in [1.165, 1.54) is 6.92 Å². The van der Waals surface area contributed by atoms with Crippen LogP contribution in [0, 0.1) is 5.82 Å². The molecule has 0 radical (unpaired) electrons. The van der Waals surface area contributed by atoms with Crippen molar-refractivity contribution in [3.63, 3.8) is 0 Å². The van der Waals surface area contributed by atoms with Gasteiger partial charge in [0.2, 0.25) is 0 Å². The molecule has 1 aromatic rings. The number of rotatable bonds is 4. The van der Waals surface area contributed by atoms with Crippen LogP contribution in [0.15, 0.2) is 12.3 Å². The minimum Gasteiger partial charge on any atom is -0.598 e. The Kier molecular flexibility index (Phi) is 5.23. The van der Waals surface area contributed by atoms with Gasteiger partial charge in [-0.3, -0.25) is 4.98 Å². The summed E-state index contributed by atoms with van der Waals surface area (Å²) in [6.45, 7) is 6.79. The number of hydrogen-bond acceptors (Lipinski definition) is 3. The van der Waals surface area contributed by atoms with Crippen LogP contribution in [0.1, 0.15) is 51.4 Å². The average Bonchev–Trinajstić information content (AvgIpc) is 2.27. The summed E-state index contributed by atoms with van der Waals surface area (Å²) in [4.78, 5) is 3.75. The summed E-state index contributed by atoms with van der Waals surface area (Å²) in [6, 6.07) is 0.218. The predicted octanol–water partition coefficient (Wildman–Crippen LogP) is 3.27. The Morgan fingerprint density at radius 3 is 2.42 bits per heavy atom. The summed E-state index contributed by atoms with van der Waals surface area (Å²) in [5.74, 6) is -1.05. The molecule has 0 bridgehead atoms. The Morgan fingerprint density at radius 1 is 1.37 bits per heavy atom. The van der Waals surface area contributed by atoms with E-state index in [1.807, 2.05) is 0 Å². The van der Waals surface area contributed by atoms with Crippen molar-refractivity contribution in [1.29, 1.82) is 0 Å². The van der Waals surface area contributed by atoms with Crippen LogP contribution in [0.2, 0.25) is 0 Å². The first kappa shape index (κ1) is 16.3. The van der Waals surface area contributed by atoms with Crippen molar-refractivity contribution in [3.8, 4) is 0 Å². The second-order valence-electron chi connectivity index (χ2n) is 5.12. The Balaban J connectivity index is 2.95. The zero-order chi connectivity index (χ0) is 14.8. The fourth-order valence-corrected chi connectivity index (χ4v) is 2.13. The van der Waals surface area contributed by atoms with Crippen LogP contribution in [-0.4, -0.2) is 14.3 Å². The van der Waals surface area contributed by atoms with Gasteiger partial charge in [-0.15, -0.1) is 4.72 Å². The molecule has 0 amide bonds. The van der Waals surface area contributed by atoms with Crippen molar-refractivity contribution < 1.29 is 17.7 Å². The highest BCUT2D eigenvalue weighted by Crippen LogP contribution is 2.26. The SMILES string of the molecule is CC(N[S+]([O-])C(C)(C)C)c1nccc(C(F)F)c1F. The Bertz CT molecular complexity index is 437. The average molecular weight is 294 g/mol. The molecule has 108 valence electrons. The van der Waals surface area contributed by atoms with Crippen molar-refractivity contribution in [2.24, 2.45) is 0 Å². The van der Waals surface area contributed by atoms with Gasteiger partial charge in [0.15, 0.2) is 5.82 Å². The van der Waals surface area contributed by atoms with E-state index in [1.54, 1.807) is 20.8 Å². The zero-order valence-electron chi connectivity index (χ0n) is 11.2. The highest BCUT2D eigenvalue weighted by molar-refractivity contribution is 7.90. The van der Waals surface area contributed by atoms with Gasteiger partial charge < -0.3 is 4.55 Å². The molecule has 1 N–H and O–H groups in total. The molecule has 2 atom stereocenters. The van der Waals surface area contributed by atoms with Crippen LogP contribution in [0.3, 0.4) is 0 Å². The second-order valence-corrected chi connectivity index (χ2v) is 7.12. The third kappa shape index (κ3) is 4.09. The van der Waals surface area contributed by atoms with Crippen LogP contribution in [-0.2, 0) is 11.4 Å². The first-order valence-electron chi connectivity index (χ1n) is 5.75. The molecule has 0 aliphatic carbocycles. The highest BCUT2D eigenvalue weighted by atomic mass is 32.2. The van der Waals surface area contributed by atoms with Crippen molar-refractivity contribution in [3.05, 3.63) is 29.3 Å². The van der Waals surface area contributed by atoms with Crippen molar-refractivity contribution in [2.75, 3.05) is 0 Å². The monoisotopic (exact) mass is 294 g/mol. The quantitative estimate of drug-likeness (QED) is 0.867. The number of alkyl halides is 2. The molecule has 0 saturated carbocycles. The number of pyridine rings is 1. The molecule has 0 aliphatic rings. The minimum absolute atomic E-state index is 0.157. The van der Waals surface area contributed by atoms with Gasteiger partial charge in [0, 0.05) is 17.6 Å². The molecule has 0 aliphatic heterocycles. The van der Waals surface area contributed by atoms with Crippen molar-refractivity contribution in [2.45, 2.75) is 44.9 Å². The van der Waals surface area contributed by atoms with E-state index < -0.39 is 40.0 Å². The first-order valence-corrected chi connectivity index (χ1v) is 6.90. The Hall–Kier alpha value is -0.790. The van der Waals surface area contributed by atoms with E-state index >= 15 is 0 Å². The molecule has 2 unspecified atom stereocenters. The smallest absolute Gasteiger partial charge is 0.266 e. The summed E-state index contributed by atoms with van der Waals surface area (Å²) in [5, 5.41) is 0.